The fourth-order valence-electron chi connectivity index (χ4n) is 9.60. The van der Waals surface area contributed by atoms with E-state index >= 15 is 0 Å². The fourth-order valence-corrected chi connectivity index (χ4v) is 15.4. The molecule has 3 aliphatic rings. The molecule has 2 fully saturated rings. The first-order valence-electron chi connectivity index (χ1n) is 17.4. The highest BCUT2D eigenvalue weighted by Gasteiger charge is 2.51. The molecular formula is C43H46NSi+. The summed E-state index contributed by atoms with van der Waals surface area (Å²) in [5.74, 6) is 0. The molecule has 0 amide bonds. The van der Waals surface area contributed by atoms with E-state index in [1.165, 1.54) is 108 Å². The maximum absolute atomic E-state index is 2.68. The number of aromatic nitrogens is 1. The van der Waals surface area contributed by atoms with Gasteiger partial charge in [0.15, 0.2) is 6.20 Å². The number of fused-ring (bicyclic) bond motifs is 6. The van der Waals surface area contributed by atoms with Crippen LogP contribution in [-0.2, 0) is 12.5 Å². The molecule has 1 saturated heterocycles. The zero-order valence-corrected chi connectivity index (χ0v) is 28.3. The second kappa shape index (κ2) is 11.2. The number of pyridine rings is 1. The molecular weight excluding hydrogens is 559 g/mol. The van der Waals surface area contributed by atoms with Crippen LogP contribution in [0.15, 0.2) is 103 Å². The van der Waals surface area contributed by atoms with Crippen LogP contribution in [0.2, 0.25) is 12.1 Å². The Morgan fingerprint density at radius 2 is 1.22 bits per heavy atom. The van der Waals surface area contributed by atoms with Gasteiger partial charge in [0, 0.05) is 22.6 Å². The maximum atomic E-state index is 2.68. The lowest BCUT2D eigenvalue weighted by Gasteiger charge is -2.51. The molecule has 1 aromatic heterocycles. The Morgan fingerprint density at radius 1 is 0.556 bits per heavy atom. The van der Waals surface area contributed by atoms with Crippen molar-refractivity contribution in [1.82, 2.24) is 0 Å². The van der Waals surface area contributed by atoms with Crippen LogP contribution in [0.4, 0.5) is 0 Å². The number of hydrogen-bond donors (Lipinski definition) is 0. The molecule has 0 N–H and O–H groups in total. The van der Waals surface area contributed by atoms with Crippen molar-refractivity contribution in [3.63, 3.8) is 0 Å². The maximum Gasteiger partial charge on any atom is 0.212 e. The minimum Gasteiger partial charge on any atom is -0.200 e. The van der Waals surface area contributed by atoms with Crippen molar-refractivity contribution in [2.75, 3.05) is 0 Å². The van der Waals surface area contributed by atoms with Crippen LogP contribution >= 0.6 is 0 Å². The average Bonchev–Trinajstić information content (AvgIpc) is 3.09. The third-order valence-corrected chi connectivity index (χ3v) is 17.2. The highest BCUT2D eigenvalue weighted by Crippen LogP contribution is 2.49. The average molecular weight is 605 g/mol. The minimum atomic E-state index is -1.76. The van der Waals surface area contributed by atoms with Crippen molar-refractivity contribution >= 4 is 18.4 Å². The molecule has 0 atom stereocenters. The molecule has 0 radical (unpaired) electrons. The molecule has 0 unspecified atom stereocenters. The Morgan fingerprint density at radius 3 is 2.00 bits per heavy atom. The van der Waals surface area contributed by atoms with Gasteiger partial charge in [-0.1, -0.05) is 129 Å². The number of benzene rings is 4. The highest BCUT2D eigenvalue weighted by molar-refractivity contribution is 7.03. The summed E-state index contributed by atoms with van der Waals surface area (Å²) in [6.45, 7) is 4.57. The topological polar surface area (TPSA) is 3.88 Å². The second-order valence-electron chi connectivity index (χ2n) is 14.4. The third-order valence-electron chi connectivity index (χ3n) is 11.8. The van der Waals surface area contributed by atoms with Crippen LogP contribution in [0.3, 0.4) is 0 Å². The molecule has 1 aliphatic carbocycles. The van der Waals surface area contributed by atoms with Gasteiger partial charge in [-0.05, 0) is 89.0 Å². The van der Waals surface area contributed by atoms with Crippen molar-refractivity contribution in [1.29, 1.82) is 0 Å². The lowest BCUT2D eigenvalue weighted by atomic mass is 9.64. The summed E-state index contributed by atoms with van der Waals surface area (Å²) < 4.78 is 2.36. The van der Waals surface area contributed by atoms with Gasteiger partial charge >= 0.3 is 0 Å². The first kappa shape index (κ1) is 28.7. The zero-order valence-electron chi connectivity index (χ0n) is 27.3. The summed E-state index contributed by atoms with van der Waals surface area (Å²) in [4.78, 5) is 0. The second-order valence-corrected chi connectivity index (χ2v) is 18.6. The molecule has 2 spiro atoms. The lowest BCUT2D eigenvalue weighted by Crippen LogP contribution is -2.67. The van der Waals surface area contributed by atoms with Crippen LogP contribution < -0.4 is 14.9 Å². The van der Waals surface area contributed by atoms with Crippen molar-refractivity contribution in [3.05, 3.63) is 126 Å². The zero-order chi connectivity index (χ0) is 30.6. The molecule has 2 heteroatoms. The van der Waals surface area contributed by atoms with E-state index in [9.17, 15) is 0 Å². The van der Waals surface area contributed by atoms with Gasteiger partial charge in [0.1, 0.15) is 15.1 Å². The van der Waals surface area contributed by atoms with Crippen LogP contribution in [0, 0.1) is 13.8 Å². The van der Waals surface area contributed by atoms with Gasteiger partial charge in [-0.3, -0.25) is 0 Å². The fraction of sp³-hybridized carbons (Fsp3) is 0.326. The minimum absolute atomic E-state index is 0.184. The number of hydrogen-bond acceptors (Lipinski definition) is 0. The van der Waals surface area contributed by atoms with E-state index in [0.29, 0.717) is 0 Å². The molecule has 0 bridgehead atoms. The quantitative estimate of drug-likeness (QED) is 0.143. The molecule has 4 aromatic carbocycles. The summed E-state index contributed by atoms with van der Waals surface area (Å²) in [6, 6.07) is 40.5. The van der Waals surface area contributed by atoms with E-state index in [0.717, 1.165) is 0 Å². The van der Waals surface area contributed by atoms with E-state index in [1.807, 2.05) is 0 Å². The standard InChI is InChI=1S/C43H46NSi/c1-31-27-34(33-15-7-4-8-16-33)19-21-36(31)40-28-32(2)37(30-44(40)3)35-20-22-42-39(29-35)43(23-11-5-12-24-43)38-17-9-10-18-41(38)45(42)25-13-6-14-26-45/h4,7-10,15-22,27-30H,5-6,11-14,23-26H2,1-3H3/q+1. The summed E-state index contributed by atoms with van der Waals surface area (Å²) >= 11 is 0. The van der Waals surface area contributed by atoms with Crippen LogP contribution in [0.1, 0.15) is 73.6 Å². The van der Waals surface area contributed by atoms with E-state index in [4.69, 9.17) is 0 Å². The molecule has 226 valence electrons. The first-order valence-corrected chi connectivity index (χ1v) is 19.8. The summed E-state index contributed by atoms with van der Waals surface area (Å²) in [6.07, 6.45) is 13.3. The lowest BCUT2D eigenvalue weighted by molar-refractivity contribution is -0.660. The Balaban J connectivity index is 1.24. The molecule has 1 nitrogen and oxygen atoms in total. The van der Waals surface area contributed by atoms with Gasteiger partial charge in [0.2, 0.25) is 5.69 Å². The van der Waals surface area contributed by atoms with E-state index in [1.54, 1.807) is 21.5 Å². The molecule has 8 rings (SSSR count). The SMILES string of the molecule is Cc1cc(-c2ccc(-c3ccccc3)cc2C)[n+](C)cc1-c1ccc2c(c1)C1(CCCCC1)c1ccccc1[Si]21CCCCC1. The van der Waals surface area contributed by atoms with Crippen LogP contribution in [0.5, 0.6) is 0 Å². The van der Waals surface area contributed by atoms with Crippen LogP contribution in [-0.4, -0.2) is 8.07 Å². The van der Waals surface area contributed by atoms with E-state index in [2.05, 4.69) is 129 Å². The van der Waals surface area contributed by atoms with Gasteiger partial charge in [-0.2, -0.15) is 0 Å². The number of nitrogens with zero attached hydrogens (tertiary/aromatic N) is 1. The predicted molar refractivity (Wildman–Crippen MR) is 192 cm³/mol. The van der Waals surface area contributed by atoms with Gasteiger partial charge < -0.3 is 0 Å². The molecule has 3 heterocycles. The van der Waals surface area contributed by atoms with Gasteiger partial charge in [-0.25, -0.2) is 4.57 Å². The Bertz CT molecular complexity index is 1890. The molecule has 1 saturated carbocycles. The Labute approximate surface area is 271 Å². The van der Waals surface area contributed by atoms with Crippen molar-refractivity contribution in [3.8, 4) is 33.5 Å². The van der Waals surface area contributed by atoms with Crippen molar-refractivity contribution < 1.29 is 4.57 Å². The summed E-state index contributed by atoms with van der Waals surface area (Å²) in [5.41, 5.74) is 14.2. The van der Waals surface area contributed by atoms with E-state index < -0.39 is 8.07 Å². The summed E-state index contributed by atoms with van der Waals surface area (Å²) in [7, 11) is 0.463. The molecule has 45 heavy (non-hydrogen) atoms. The highest BCUT2D eigenvalue weighted by atomic mass is 28.3. The monoisotopic (exact) mass is 604 g/mol. The largest absolute Gasteiger partial charge is 0.212 e. The first-order chi connectivity index (χ1) is 22.0. The van der Waals surface area contributed by atoms with Gasteiger partial charge in [0.05, 0.1) is 0 Å². The van der Waals surface area contributed by atoms with E-state index in [-0.39, 0.29) is 5.41 Å². The third kappa shape index (κ3) is 4.59. The number of aryl methyl sites for hydroxylation is 3. The normalized spacial score (nSPS) is 18.0. The molecule has 2 aliphatic heterocycles. The van der Waals surface area contributed by atoms with Gasteiger partial charge in [-0.15, -0.1) is 0 Å². The predicted octanol–water partition coefficient (Wildman–Crippen LogP) is 9.44. The molecule has 5 aromatic rings. The summed E-state index contributed by atoms with van der Waals surface area (Å²) in [5, 5.41) is 3.59. The van der Waals surface area contributed by atoms with Crippen molar-refractivity contribution in [2.45, 2.75) is 82.7 Å². The van der Waals surface area contributed by atoms with Gasteiger partial charge in [0.25, 0.3) is 0 Å². The van der Waals surface area contributed by atoms with Crippen LogP contribution in [0.25, 0.3) is 33.5 Å². The van der Waals surface area contributed by atoms with Crippen molar-refractivity contribution in [2.24, 2.45) is 7.05 Å². The Kier molecular flexibility index (Phi) is 7.17. The Hall–Kier alpha value is -3.75. The number of rotatable bonds is 3. The smallest absolute Gasteiger partial charge is 0.200 e.